The van der Waals surface area contributed by atoms with Crippen molar-refractivity contribution in [1.29, 1.82) is 0 Å². The summed E-state index contributed by atoms with van der Waals surface area (Å²) in [4.78, 5) is 28.9. The Morgan fingerprint density at radius 2 is 1.83 bits per heavy atom. The van der Waals surface area contributed by atoms with E-state index in [2.05, 4.69) is 15.5 Å². The molecule has 0 fully saturated rings. The highest BCUT2D eigenvalue weighted by atomic mass is 16.5. The van der Waals surface area contributed by atoms with Gasteiger partial charge in [-0.3, -0.25) is 14.6 Å². The van der Waals surface area contributed by atoms with Crippen molar-refractivity contribution in [3.05, 3.63) is 76.8 Å². The number of fused-ring (bicyclic) bond motifs is 1. The average Bonchev–Trinajstić information content (AvgIpc) is 3.29. The average molecular weight is 487 g/mol. The number of nitrogens with two attached hydrogens (primary N) is 1. The van der Waals surface area contributed by atoms with Crippen LogP contribution in [0.4, 0.5) is 11.4 Å². The van der Waals surface area contributed by atoms with Crippen molar-refractivity contribution in [2.24, 2.45) is 5.73 Å². The van der Waals surface area contributed by atoms with Gasteiger partial charge < -0.3 is 20.3 Å². The number of anilines is 2. The minimum absolute atomic E-state index is 0.0666. The minimum atomic E-state index is -0.575. The number of aryl methyl sites for hydroxylation is 1. The zero-order chi connectivity index (χ0) is 26.0. The number of pyridine rings is 1. The van der Waals surface area contributed by atoms with E-state index < -0.39 is 5.91 Å². The highest BCUT2D eigenvalue weighted by Crippen LogP contribution is 2.32. The van der Waals surface area contributed by atoms with Gasteiger partial charge in [-0.15, -0.1) is 0 Å². The van der Waals surface area contributed by atoms with Crippen LogP contribution < -0.4 is 15.8 Å². The van der Waals surface area contributed by atoms with E-state index in [0.717, 1.165) is 33.6 Å². The summed E-state index contributed by atoms with van der Waals surface area (Å²) in [6.45, 7) is 8.10. The van der Waals surface area contributed by atoms with Crippen LogP contribution in [0.1, 0.15) is 53.7 Å². The lowest BCUT2D eigenvalue weighted by atomic mass is 9.93. The number of Topliss-reactive ketones (excluding diaryl/α,β-unsaturated/α-hetero) is 1. The first-order chi connectivity index (χ1) is 17.0. The Bertz CT molecular complexity index is 1450. The number of rotatable bonds is 8. The summed E-state index contributed by atoms with van der Waals surface area (Å²) >= 11 is 0. The Kier molecular flexibility index (Phi) is 6.79. The fourth-order valence-electron chi connectivity index (χ4n) is 4.01. The van der Waals surface area contributed by atoms with Gasteiger partial charge in [0, 0.05) is 46.9 Å². The smallest absolute Gasteiger partial charge is 0.252 e. The fraction of sp³-hybridized carbons (Fsp3) is 0.286. The molecule has 2 aromatic heterocycles. The van der Waals surface area contributed by atoms with Gasteiger partial charge in [-0.25, -0.2) is 0 Å². The third-order valence-corrected chi connectivity index (χ3v) is 5.97. The third kappa shape index (κ3) is 5.38. The highest BCUT2D eigenvalue weighted by Gasteiger charge is 2.20. The molecule has 0 aliphatic carbocycles. The van der Waals surface area contributed by atoms with Crippen LogP contribution in [0.5, 0.6) is 5.75 Å². The molecule has 8 nitrogen and oxygen atoms in total. The molecule has 1 amide bonds. The van der Waals surface area contributed by atoms with Crippen LogP contribution in [0, 0.1) is 6.92 Å². The zero-order valence-electron chi connectivity index (χ0n) is 21.1. The standard InChI is InChI=1S/C28H30N4O4/c1-16-10-17(11-19(33)12-18-13-26(36-32-18)28(2,3)4)6-7-22(16)31-23-8-9-30-24-15-25(35-5)21(27(29)34)14-20(23)24/h6-10,13-15H,11-12H2,1-5H3,(H2,29,34)(H,30,31). The largest absolute Gasteiger partial charge is 0.496 e. The third-order valence-electron chi connectivity index (χ3n) is 5.97. The van der Waals surface area contributed by atoms with Crippen molar-refractivity contribution in [3.63, 3.8) is 0 Å². The Balaban J connectivity index is 1.51. The van der Waals surface area contributed by atoms with E-state index in [9.17, 15) is 9.59 Å². The second-order valence-electron chi connectivity index (χ2n) is 9.89. The Morgan fingerprint density at radius 1 is 1.06 bits per heavy atom. The molecule has 0 saturated heterocycles. The number of carbonyl (C=O) groups is 2. The molecule has 2 heterocycles. The van der Waals surface area contributed by atoms with Crippen molar-refractivity contribution in [3.8, 4) is 5.75 Å². The van der Waals surface area contributed by atoms with E-state index in [-0.39, 0.29) is 23.2 Å². The summed E-state index contributed by atoms with van der Waals surface area (Å²) in [6, 6.07) is 12.9. The van der Waals surface area contributed by atoms with Gasteiger partial charge in [0.05, 0.1) is 30.3 Å². The molecule has 186 valence electrons. The van der Waals surface area contributed by atoms with Crippen LogP contribution in [0.2, 0.25) is 0 Å². The number of carbonyl (C=O) groups excluding carboxylic acids is 2. The molecule has 0 saturated carbocycles. The van der Waals surface area contributed by atoms with Gasteiger partial charge in [-0.1, -0.05) is 38.1 Å². The maximum atomic E-state index is 12.7. The van der Waals surface area contributed by atoms with Crippen LogP contribution in [0.25, 0.3) is 10.9 Å². The summed E-state index contributed by atoms with van der Waals surface area (Å²) < 4.78 is 10.7. The summed E-state index contributed by atoms with van der Waals surface area (Å²) in [6.07, 6.45) is 2.22. The topological polar surface area (TPSA) is 120 Å². The van der Waals surface area contributed by atoms with Gasteiger partial charge in [0.1, 0.15) is 17.3 Å². The number of hydrogen-bond donors (Lipinski definition) is 2. The number of ether oxygens (including phenoxy) is 1. The zero-order valence-corrected chi connectivity index (χ0v) is 21.1. The number of primary amides is 1. The van der Waals surface area contributed by atoms with Crippen molar-refractivity contribution in [2.45, 2.75) is 46.0 Å². The van der Waals surface area contributed by atoms with E-state index in [1.807, 2.05) is 58.0 Å². The molecule has 0 bridgehead atoms. The first kappa shape index (κ1) is 24.9. The van der Waals surface area contributed by atoms with Crippen molar-refractivity contribution < 1.29 is 18.8 Å². The van der Waals surface area contributed by atoms with E-state index >= 15 is 0 Å². The number of amides is 1. The molecule has 3 N–H and O–H groups in total. The first-order valence-electron chi connectivity index (χ1n) is 11.7. The number of benzene rings is 2. The molecular weight excluding hydrogens is 456 g/mol. The second kappa shape index (κ2) is 9.81. The maximum absolute atomic E-state index is 12.7. The monoisotopic (exact) mass is 486 g/mol. The van der Waals surface area contributed by atoms with Crippen molar-refractivity contribution in [2.75, 3.05) is 12.4 Å². The molecule has 0 aliphatic heterocycles. The number of ketones is 1. The predicted octanol–water partition coefficient (Wildman–Crippen LogP) is 5.03. The molecule has 0 aliphatic rings. The first-order valence-corrected chi connectivity index (χ1v) is 11.7. The number of nitrogens with zero attached hydrogens (tertiary/aromatic N) is 2. The number of nitrogens with one attached hydrogen (secondary N) is 1. The van der Waals surface area contributed by atoms with Crippen LogP contribution >= 0.6 is 0 Å². The van der Waals surface area contributed by atoms with Gasteiger partial charge >= 0.3 is 0 Å². The van der Waals surface area contributed by atoms with E-state index in [0.29, 0.717) is 23.4 Å². The lowest BCUT2D eigenvalue weighted by molar-refractivity contribution is -0.117. The number of hydrogen-bond acceptors (Lipinski definition) is 7. The number of aromatic nitrogens is 2. The molecule has 0 unspecified atom stereocenters. The van der Waals surface area contributed by atoms with Crippen LogP contribution in [0.15, 0.2) is 53.2 Å². The summed E-state index contributed by atoms with van der Waals surface area (Å²) in [7, 11) is 1.49. The van der Waals surface area contributed by atoms with E-state index in [1.165, 1.54) is 7.11 Å². The lowest BCUT2D eigenvalue weighted by Gasteiger charge is -2.14. The molecule has 0 spiro atoms. The van der Waals surface area contributed by atoms with E-state index in [4.69, 9.17) is 15.0 Å². The summed E-state index contributed by atoms with van der Waals surface area (Å²) in [5.74, 6) is 0.637. The summed E-state index contributed by atoms with van der Waals surface area (Å²) in [5.41, 5.74) is 10.5. The SMILES string of the molecule is COc1cc2nccc(Nc3ccc(CC(=O)Cc4cc(C(C)(C)C)on4)cc3C)c2cc1C(N)=O. The van der Waals surface area contributed by atoms with Gasteiger partial charge in [0.15, 0.2) is 0 Å². The molecule has 4 rings (SSSR count). The predicted molar refractivity (Wildman–Crippen MR) is 139 cm³/mol. The number of methoxy groups -OCH3 is 1. The van der Waals surface area contributed by atoms with E-state index in [1.54, 1.807) is 18.3 Å². The van der Waals surface area contributed by atoms with Crippen LogP contribution in [-0.4, -0.2) is 28.9 Å². The Morgan fingerprint density at radius 3 is 2.47 bits per heavy atom. The molecule has 36 heavy (non-hydrogen) atoms. The van der Waals surface area contributed by atoms with Crippen LogP contribution in [-0.2, 0) is 23.1 Å². The van der Waals surface area contributed by atoms with Crippen LogP contribution in [0.3, 0.4) is 0 Å². The minimum Gasteiger partial charge on any atom is -0.496 e. The van der Waals surface area contributed by atoms with Crippen molar-refractivity contribution >= 4 is 34.0 Å². The van der Waals surface area contributed by atoms with Gasteiger partial charge in [0.2, 0.25) is 0 Å². The fourth-order valence-corrected chi connectivity index (χ4v) is 4.01. The molecular formula is C28H30N4O4. The van der Waals surface area contributed by atoms with Crippen molar-refractivity contribution in [1.82, 2.24) is 10.1 Å². The molecule has 0 atom stereocenters. The molecule has 2 aromatic carbocycles. The second-order valence-corrected chi connectivity index (χ2v) is 9.89. The Labute approximate surface area is 209 Å². The maximum Gasteiger partial charge on any atom is 0.252 e. The highest BCUT2D eigenvalue weighted by molar-refractivity contribution is 6.03. The van der Waals surface area contributed by atoms with Gasteiger partial charge in [0.25, 0.3) is 5.91 Å². The molecule has 0 radical (unpaired) electrons. The molecule has 8 heteroatoms. The summed E-state index contributed by atoms with van der Waals surface area (Å²) in [5, 5.41) is 8.21. The quantitative estimate of drug-likeness (QED) is 0.358. The normalized spacial score (nSPS) is 11.5. The Hall–Kier alpha value is -4.20. The molecule has 4 aromatic rings. The van der Waals surface area contributed by atoms with Gasteiger partial charge in [-0.2, -0.15) is 0 Å². The lowest BCUT2D eigenvalue weighted by Crippen LogP contribution is -2.12. The van der Waals surface area contributed by atoms with Gasteiger partial charge in [-0.05, 0) is 36.2 Å².